The molecule has 1 fully saturated rings. The van der Waals surface area contributed by atoms with Crippen molar-refractivity contribution in [3.05, 3.63) is 33.8 Å². The van der Waals surface area contributed by atoms with Crippen molar-refractivity contribution >= 4 is 21.8 Å². The summed E-state index contributed by atoms with van der Waals surface area (Å²) in [5.41, 5.74) is 1.75. The maximum absolute atomic E-state index is 12.0. The van der Waals surface area contributed by atoms with E-state index in [0.717, 1.165) is 28.7 Å². The maximum Gasteiger partial charge on any atom is 0.251 e. The van der Waals surface area contributed by atoms with Gasteiger partial charge < -0.3 is 10.2 Å². The minimum atomic E-state index is 0.0213. The molecule has 0 aromatic heterocycles. The fourth-order valence-electron chi connectivity index (χ4n) is 2.28. The van der Waals surface area contributed by atoms with Gasteiger partial charge in [-0.15, -0.1) is 0 Å². The van der Waals surface area contributed by atoms with Crippen molar-refractivity contribution in [1.29, 1.82) is 0 Å². The highest BCUT2D eigenvalue weighted by atomic mass is 79.9. The molecule has 1 aliphatic heterocycles. The molecular formula is C14H19BrN2O. The van der Waals surface area contributed by atoms with Gasteiger partial charge in [-0.05, 0) is 50.6 Å². The molecule has 1 amide bonds. The zero-order valence-corrected chi connectivity index (χ0v) is 12.3. The molecule has 0 unspecified atom stereocenters. The van der Waals surface area contributed by atoms with E-state index in [4.69, 9.17) is 0 Å². The normalized spacial score (nSPS) is 15.9. The van der Waals surface area contributed by atoms with E-state index in [2.05, 4.69) is 26.1 Å². The molecule has 0 spiro atoms. The van der Waals surface area contributed by atoms with Crippen molar-refractivity contribution in [2.75, 3.05) is 26.2 Å². The Bertz CT molecular complexity index is 428. The first kappa shape index (κ1) is 13.6. The van der Waals surface area contributed by atoms with Crippen LogP contribution in [0.1, 0.15) is 28.8 Å². The lowest BCUT2D eigenvalue weighted by Crippen LogP contribution is -2.33. The summed E-state index contributed by atoms with van der Waals surface area (Å²) in [6.07, 6.45) is 2.58. The second-order valence-electron chi connectivity index (χ2n) is 4.72. The van der Waals surface area contributed by atoms with Gasteiger partial charge in [-0.3, -0.25) is 4.79 Å². The fraction of sp³-hybridized carbons (Fsp3) is 0.500. The number of carbonyl (C=O) groups excluding carboxylic acids is 1. The van der Waals surface area contributed by atoms with E-state index in [1.54, 1.807) is 0 Å². The van der Waals surface area contributed by atoms with Crippen LogP contribution < -0.4 is 5.32 Å². The van der Waals surface area contributed by atoms with E-state index < -0.39 is 0 Å². The number of carbonyl (C=O) groups is 1. The first-order valence-corrected chi connectivity index (χ1v) is 7.23. The lowest BCUT2D eigenvalue weighted by Gasteiger charge is -2.15. The predicted molar refractivity (Wildman–Crippen MR) is 76.9 cm³/mol. The number of likely N-dealkylation sites (tertiary alicyclic amines) is 1. The molecule has 1 aliphatic rings. The Morgan fingerprint density at radius 2 is 2.11 bits per heavy atom. The van der Waals surface area contributed by atoms with Crippen molar-refractivity contribution in [3.63, 3.8) is 0 Å². The molecule has 98 valence electrons. The molecule has 1 aromatic rings. The largest absolute Gasteiger partial charge is 0.351 e. The molecule has 1 aromatic carbocycles. The number of amides is 1. The number of halogens is 1. The maximum atomic E-state index is 12.0. The van der Waals surface area contributed by atoms with Crippen LogP contribution >= 0.6 is 15.9 Å². The van der Waals surface area contributed by atoms with Crippen LogP contribution in [-0.2, 0) is 0 Å². The quantitative estimate of drug-likeness (QED) is 0.927. The average molecular weight is 311 g/mol. The SMILES string of the molecule is Cc1c(Br)cccc1C(=O)NCCN1CCCC1. The smallest absolute Gasteiger partial charge is 0.251 e. The zero-order valence-electron chi connectivity index (χ0n) is 10.7. The van der Waals surface area contributed by atoms with Gasteiger partial charge in [-0.1, -0.05) is 22.0 Å². The predicted octanol–water partition coefficient (Wildman–Crippen LogP) is 2.58. The van der Waals surface area contributed by atoms with Crippen LogP contribution in [0.2, 0.25) is 0 Å². The molecule has 3 nitrogen and oxygen atoms in total. The standard InChI is InChI=1S/C14H19BrN2O/c1-11-12(5-4-6-13(11)15)14(18)16-7-10-17-8-2-3-9-17/h4-6H,2-3,7-10H2,1H3,(H,16,18). The van der Waals surface area contributed by atoms with E-state index in [0.29, 0.717) is 0 Å². The molecule has 1 N–H and O–H groups in total. The van der Waals surface area contributed by atoms with Crippen LogP contribution in [0.25, 0.3) is 0 Å². The summed E-state index contributed by atoms with van der Waals surface area (Å²) in [6, 6.07) is 5.72. The summed E-state index contributed by atoms with van der Waals surface area (Å²) in [5, 5.41) is 2.99. The Kier molecular flexibility index (Phi) is 4.78. The van der Waals surface area contributed by atoms with Crippen LogP contribution in [-0.4, -0.2) is 37.0 Å². The van der Waals surface area contributed by atoms with Gasteiger partial charge in [0.1, 0.15) is 0 Å². The summed E-state index contributed by atoms with van der Waals surface area (Å²) in [6.45, 7) is 5.99. The van der Waals surface area contributed by atoms with Crippen LogP contribution in [0.3, 0.4) is 0 Å². The van der Waals surface area contributed by atoms with Crippen LogP contribution in [0.5, 0.6) is 0 Å². The molecule has 0 aliphatic carbocycles. The minimum absolute atomic E-state index is 0.0213. The first-order chi connectivity index (χ1) is 8.68. The molecule has 1 heterocycles. The highest BCUT2D eigenvalue weighted by molar-refractivity contribution is 9.10. The Balaban J connectivity index is 1.85. The monoisotopic (exact) mass is 310 g/mol. The number of nitrogens with zero attached hydrogens (tertiary/aromatic N) is 1. The van der Waals surface area contributed by atoms with Gasteiger partial charge in [0.25, 0.3) is 5.91 Å². The Morgan fingerprint density at radius 3 is 2.83 bits per heavy atom. The van der Waals surface area contributed by atoms with Crippen molar-refractivity contribution < 1.29 is 4.79 Å². The molecule has 4 heteroatoms. The Morgan fingerprint density at radius 1 is 1.39 bits per heavy atom. The minimum Gasteiger partial charge on any atom is -0.351 e. The van der Waals surface area contributed by atoms with Crippen molar-refractivity contribution in [2.24, 2.45) is 0 Å². The van der Waals surface area contributed by atoms with E-state index >= 15 is 0 Å². The van der Waals surface area contributed by atoms with Gasteiger partial charge in [0, 0.05) is 23.1 Å². The number of nitrogens with one attached hydrogen (secondary N) is 1. The molecule has 0 radical (unpaired) electrons. The summed E-state index contributed by atoms with van der Waals surface area (Å²) in [5.74, 6) is 0.0213. The van der Waals surface area contributed by atoms with Gasteiger partial charge in [-0.25, -0.2) is 0 Å². The molecule has 1 saturated heterocycles. The molecule has 0 saturated carbocycles. The topological polar surface area (TPSA) is 32.3 Å². The van der Waals surface area contributed by atoms with Crippen molar-refractivity contribution in [3.8, 4) is 0 Å². The molecule has 0 bridgehead atoms. The second-order valence-corrected chi connectivity index (χ2v) is 5.57. The van der Waals surface area contributed by atoms with Gasteiger partial charge in [0.05, 0.1) is 0 Å². The van der Waals surface area contributed by atoms with Crippen LogP contribution in [0.4, 0.5) is 0 Å². The summed E-state index contributed by atoms with van der Waals surface area (Å²) in [7, 11) is 0. The van der Waals surface area contributed by atoms with Gasteiger partial charge in [-0.2, -0.15) is 0 Å². The Labute approximate surface area is 117 Å². The van der Waals surface area contributed by atoms with E-state index in [9.17, 15) is 4.79 Å². The Hall–Kier alpha value is -0.870. The number of hydrogen-bond acceptors (Lipinski definition) is 2. The van der Waals surface area contributed by atoms with Crippen LogP contribution in [0.15, 0.2) is 22.7 Å². The zero-order chi connectivity index (χ0) is 13.0. The third-order valence-electron chi connectivity index (χ3n) is 3.42. The highest BCUT2D eigenvalue weighted by Crippen LogP contribution is 2.19. The first-order valence-electron chi connectivity index (χ1n) is 6.44. The molecular weight excluding hydrogens is 292 g/mol. The van der Waals surface area contributed by atoms with Crippen LogP contribution in [0, 0.1) is 6.92 Å². The van der Waals surface area contributed by atoms with Crippen molar-refractivity contribution in [1.82, 2.24) is 10.2 Å². The molecule has 0 atom stereocenters. The third kappa shape index (κ3) is 3.33. The van der Waals surface area contributed by atoms with E-state index in [1.807, 2.05) is 25.1 Å². The van der Waals surface area contributed by atoms with Gasteiger partial charge >= 0.3 is 0 Å². The second kappa shape index (κ2) is 6.34. The number of hydrogen-bond donors (Lipinski definition) is 1. The average Bonchev–Trinajstić information content (AvgIpc) is 2.85. The fourth-order valence-corrected chi connectivity index (χ4v) is 2.65. The van der Waals surface area contributed by atoms with Gasteiger partial charge in [0.2, 0.25) is 0 Å². The summed E-state index contributed by atoms with van der Waals surface area (Å²) in [4.78, 5) is 14.4. The molecule has 18 heavy (non-hydrogen) atoms. The van der Waals surface area contributed by atoms with Gasteiger partial charge in [0.15, 0.2) is 0 Å². The van der Waals surface area contributed by atoms with E-state index in [-0.39, 0.29) is 5.91 Å². The number of rotatable bonds is 4. The summed E-state index contributed by atoms with van der Waals surface area (Å²) >= 11 is 3.45. The lowest BCUT2D eigenvalue weighted by molar-refractivity contribution is 0.0949. The van der Waals surface area contributed by atoms with E-state index in [1.165, 1.54) is 25.9 Å². The van der Waals surface area contributed by atoms with Crippen molar-refractivity contribution in [2.45, 2.75) is 19.8 Å². The number of benzene rings is 1. The highest BCUT2D eigenvalue weighted by Gasteiger charge is 2.13. The third-order valence-corrected chi connectivity index (χ3v) is 4.28. The lowest BCUT2D eigenvalue weighted by atomic mass is 10.1. The summed E-state index contributed by atoms with van der Waals surface area (Å²) < 4.78 is 0.981. The molecule has 2 rings (SSSR count).